The second kappa shape index (κ2) is 7.90. The summed E-state index contributed by atoms with van der Waals surface area (Å²) in [6.07, 6.45) is 0.760. The van der Waals surface area contributed by atoms with E-state index in [1.54, 1.807) is 4.57 Å². The van der Waals surface area contributed by atoms with Crippen molar-refractivity contribution >= 4 is 22.8 Å². The van der Waals surface area contributed by atoms with Gasteiger partial charge in [0.1, 0.15) is 22.0 Å². The first-order chi connectivity index (χ1) is 13.3. The lowest BCUT2D eigenvalue weighted by atomic mass is 10.2. The molecule has 3 aromatic rings. The number of aryl methyl sites for hydroxylation is 3. The van der Waals surface area contributed by atoms with E-state index in [9.17, 15) is 9.59 Å². The number of hydrogen-bond acceptors (Lipinski definition) is 7. The topological polar surface area (TPSA) is 95.8 Å². The van der Waals surface area contributed by atoms with Crippen LogP contribution >= 0.6 is 11.8 Å². The minimum atomic E-state index is -0.371. The second-order valence-corrected chi connectivity index (χ2v) is 8.09. The highest BCUT2D eigenvalue weighted by atomic mass is 32.2. The minimum absolute atomic E-state index is 0.0667. The van der Waals surface area contributed by atoms with Crippen molar-refractivity contribution in [2.45, 2.75) is 64.3 Å². The summed E-state index contributed by atoms with van der Waals surface area (Å²) in [4.78, 5) is 34.8. The van der Waals surface area contributed by atoms with E-state index in [-0.39, 0.29) is 17.2 Å². The van der Waals surface area contributed by atoms with Gasteiger partial charge in [0.2, 0.25) is 0 Å². The Morgan fingerprint density at radius 2 is 1.89 bits per heavy atom. The largest absolute Gasteiger partial charge is 0.361 e. The molecular weight excluding hydrogens is 378 g/mol. The van der Waals surface area contributed by atoms with E-state index in [2.05, 4.69) is 15.1 Å². The van der Waals surface area contributed by atoms with Crippen molar-refractivity contribution < 1.29 is 4.52 Å². The van der Waals surface area contributed by atoms with Crippen LogP contribution in [0.15, 0.2) is 19.1 Å². The molecule has 0 atom stereocenters. The molecule has 0 aromatic carbocycles. The zero-order valence-electron chi connectivity index (χ0n) is 17.1. The Hall–Kier alpha value is -2.42. The van der Waals surface area contributed by atoms with Gasteiger partial charge in [-0.1, -0.05) is 25.9 Å². The average Bonchev–Trinajstić information content (AvgIpc) is 2.98. The Labute approximate surface area is 167 Å². The first kappa shape index (κ1) is 20.3. The highest BCUT2D eigenvalue weighted by molar-refractivity contribution is 7.98. The molecule has 0 saturated heterocycles. The predicted molar refractivity (Wildman–Crippen MR) is 109 cm³/mol. The summed E-state index contributed by atoms with van der Waals surface area (Å²) in [5.74, 6) is 2.01. The monoisotopic (exact) mass is 403 g/mol. The Balaban J connectivity index is 2.25. The molecule has 0 fully saturated rings. The van der Waals surface area contributed by atoms with Crippen molar-refractivity contribution in [2.24, 2.45) is 7.05 Å². The van der Waals surface area contributed by atoms with Gasteiger partial charge in [-0.25, -0.2) is 14.8 Å². The van der Waals surface area contributed by atoms with Crippen LogP contribution in [0, 0.1) is 13.8 Å². The maximum absolute atomic E-state index is 12.9. The summed E-state index contributed by atoms with van der Waals surface area (Å²) < 4.78 is 7.94. The van der Waals surface area contributed by atoms with E-state index in [0.717, 1.165) is 28.0 Å². The fourth-order valence-electron chi connectivity index (χ4n) is 2.99. The van der Waals surface area contributed by atoms with E-state index in [1.165, 1.54) is 18.8 Å². The van der Waals surface area contributed by atoms with Gasteiger partial charge >= 0.3 is 5.69 Å². The number of fused-ring (bicyclic) bond motifs is 1. The molecule has 3 aromatic heterocycles. The number of nitrogens with zero attached hydrogens (tertiary/aromatic N) is 5. The van der Waals surface area contributed by atoms with Crippen molar-refractivity contribution in [1.29, 1.82) is 0 Å². The van der Waals surface area contributed by atoms with Crippen molar-refractivity contribution in [2.75, 3.05) is 0 Å². The van der Waals surface area contributed by atoms with Crippen molar-refractivity contribution in [3.05, 3.63) is 43.7 Å². The van der Waals surface area contributed by atoms with Crippen molar-refractivity contribution in [1.82, 2.24) is 24.3 Å². The second-order valence-electron chi connectivity index (χ2n) is 7.13. The fraction of sp³-hybridized carbons (Fsp3) is 0.526. The van der Waals surface area contributed by atoms with E-state index < -0.39 is 0 Å². The van der Waals surface area contributed by atoms with Crippen LogP contribution in [0.4, 0.5) is 0 Å². The molecular formula is C19H25N5O3S. The third-order valence-electron chi connectivity index (χ3n) is 4.66. The normalized spacial score (nSPS) is 11.7. The number of hydrogen-bond donors (Lipinski definition) is 0. The zero-order chi connectivity index (χ0) is 20.6. The lowest BCUT2D eigenvalue weighted by Gasteiger charge is -2.15. The molecule has 3 heterocycles. The molecule has 0 spiro atoms. The molecule has 0 unspecified atom stereocenters. The highest BCUT2D eigenvalue weighted by Crippen LogP contribution is 2.29. The molecule has 0 radical (unpaired) electrons. The summed E-state index contributed by atoms with van der Waals surface area (Å²) >= 11 is 1.44. The molecule has 3 rings (SSSR count). The van der Waals surface area contributed by atoms with Crippen LogP contribution in [0.1, 0.15) is 56.0 Å². The van der Waals surface area contributed by atoms with Crippen molar-refractivity contribution in [3.8, 4) is 0 Å². The van der Waals surface area contributed by atoms with Gasteiger partial charge in [0.05, 0.1) is 5.69 Å². The molecule has 0 amide bonds. The molecule has 0 aliphatic carbocycles. The first-order valence-corrected chi connectivity index (χ1v) is 10.3. The summed E-state index contributed by atoms with van der Waals surface area (Å²) in [6.45, 7) is 10.2. The van der Waals surface area contributed by atoms with Crippen LogP contribution in [0.25, 0.3) is 11.0 Å². The van der Waals surface area contributed by atoms with E-state index in [1.807, 2.05) is 34.6 Å². The molecule has 0 aliphatic rings. The zero-order valence-corrected chi connectivity index (χ0v) is 17.9. The third kappa shape index (κ3) is 3.50. The van der Waals surface area contributed by atoms with E-state index in [4.69, 9.17) is 4.52 Å². The summed E-state index contributed by atoms with van der Waals surface area (Å²) in [6, 6.07) is 0. The lowest BCUT2D eigenvalue weighted by Crippen LogP contribution is -2.39. The number of aromatic nitrogens is 5. The fourth-order valence-corrected chi connectivity index (χ4v) is 4.16. The maximum atomic E-state index is 12.9. The van der Waals surface area contributed by atoms with Gasteiger partial charge < -0.3 is 4.52 Å². The SMILES string of the molecule is CCCn1c(=O)n(C)c(=O)c2c(SCc3c(C)noc3C)nc(C(C)C)nc21. The van der Waals surface area contributed by atoms with Crippen LogP contribution < -0.4 is 11.2 Å². The average molecular weight is 404 g/mol. The number of rotatable bonds is 6. The predicted octanol–water partition coefficient (Wildman–Crippen LogP) is 2.92. The Kier molecular flexibility index (Phi) is 5.74. The minimum Gasteiger partial charge on any atom is -0.361 e. The quantitative estimate of drug-likeness (QED) is 0.461. The van der Waals surface area contributed by atoms with Crippen LogP contribution in [0.5, 0.6) is 0 Å². The van der Waals surface area contributed by atoms with Gasteiger partial charge in [0.15, 0.2) is 5.65 Å². The molecule has 0 saturated carbocycles. The number of thioether (sulfide) groups is 1. The first-order valence-electron chi connectivity index (χ1n) is 9.32. The van der Waals surface area contributed by atoms with Crippen LogP contribution in [0.2, 0.25) is 0 Å². The third-order valence-corrected chi connectivity index (χ3v) is 5.67. The van der Waals surface area contributed by atoms with Crippen LogP contribution in [0.3, 0.4) is 0 Å². The van der Waals surface area contributed by atoms with Gasteiger partial charge in [0, 0.05) is 30.8 Å². The van der Waals surface area contributed by atoms with E-state index >= 15 is 0 Å². The molecule has 150 valence electrons. The van der Waals surface area contributed by atoms with Gasteiger partial charge in [-0.15, -0.1) is 11.8 Å². The molecule has 28 heavy (non-hydrogen) atoms. The molecule has 0 aliphatic heterocycles. The standard InChI is InChI=1S/C19H25N5O3S/c1-7-8-24-16-14(18(25)23(6)19(24)26)17(21-15(20-16)10(2)3)28-9-13-11(4)22-27-12(13)5/h10H,7-9H2,1-6H3. The van der Waals surface area contributed by atoms with Gasteiger partial charge in [0.25, 0.3) is 5.56 Å². The summed E-state index contributed by atoms with van der Waals surface area (Å²) in [7, 11) is 1.50. The van der Waals surface area contributed by atoms with Gasteiger partial charge in [-0.05, 0) is 20.3 Å². The molecule has 0 bridgehead atoms. The van der Waals surface area contributed by atoms with Crippen LogP contribution in [-0.4, -0.2) is 24.3 Å². The molecule has 0 N–H and O–H groups in total. The Bertz CT molecular complexity index is 1120. The summed E-state index contributed by atoms with van der Waals surface area (Å²) in [5, 5.41) is 4.95. The Morgan fingerprint density at radius 1 is 1.18 bits per heavy atom. The molecule has 8 nitrogen and oxygen atoms in total. The van der Waals surface area contributed by atoms with Crippen LogP contribution in [-0.2, 0) is 19.3 Å². The maximum Gasteiger partial charge on any atom is 0.332 e. The molecule has 9 heteroatoms. The Morgan fingerprint density at radius 3 is 2.46 bits per heavy atom. The highest BCUT2D eigenvalue weighted by Gasteiger charge is 2.20. The van der Waals surface area contributed by atoms with E-state index in [0.29, 0.717) is 34.2 Å². The van der Waals surface area contributed by atoms with Gasteiger partial charge in [-0.3, -0.25) is 13.9 Å². The summed E-state index contributed by atoms with van der Waals surface area (Å²) in [5.41, 5.74) is 1.50. The van der Waals surface area contributed by atoms with Crippen molar-refractivity contribution in [3.63, 3.8) is 0 Å². The lowest BCUT2D eigenvalue weighted by molar-refractivity contribution is 0.392. The smallest absolute Gasteiger partial charge is 0.332 e. The van der Waals surface area contributed by atoms with Gasteiger partial charge in [-0.2, -0.15) is 0 Å².